The summed E-state index contributed by atoms with van der Waals surface area (Å²) in [5.74, 6) is -0.152. The van der Waals surface area contributed by atoms with Crippen LogP contribution in [0, 0.1) is 0 Å². The number of aliphatic hydroxyl groups excluding tert-OH is 1. The topological polar surface area (TPSA) is 57.5 Å². The van der Waals surface area contributed by atoms with Crippen molar-refractivity contribution in [2.24, 2.45) is 0 Å². The molecule has 0 spiro atoms. The van der Waals surface area contributed by atoms with Crippen LogP contribution in [0.3, 0.4) is 0 Å². The monoisotopic (exact) mass is 178 g/mol. The van der Waals surface area contributed by atoms with E-state index in [1.54, 1.807) is 12.1 Å². The summed E-state index contributed by atoms with van der Waals surface area (Å²) in [5, 5.41) is 18.7. The molecule has 1 atom stereocenters. The van der Waals surface area contributed by atoms with E-state index in [0.29, 0.717) is 12.0 Å². The van der Waals surface area contributed by atoms with Crippen LogP contribution in [0.4, 0.5) is 0 Å². The van der Waals surface area contributed by atoms with E-state index in [4.69, 9.17) is 0 Å². The fraction of sp³-hybridized carbons (Fsp3) is 0.300. The molecule has 13 heavy (non-hydrogen) atoms. The number of phenolic OH excluding ortho intramolecular Hbond substituents is 1. The second-order valence-corrected chi connectivity index (χ2v) is 3.30. The van der Waals surface area contributed by atoms with Crippen molar-refractivity contribution in [2.45, 2.75) is 18.9 Å². The maximum absolute atomic E-state index is 11.4. The molecule has 2 N–H and O–H groups in total. The summed E-state index contributed by atoms with van der Waals surface area (Å²) in [6.07, 6.45) is -0.0261. The van der Waals surface area contributed by atoms with E-state index in [9.17, 15) is 15.0 Å². The Morgan fingerprint density at radius 1 is 1.31 bits per heavy atom. The van der Waals surface area contributed by atoms with Crippen LogP contribution >= 0.6 is 0 Å². The molecule has 0 saturated carbocycles. The van der Waals surface area contributed by atoms with Crippen LogP contribution in [0.1, 0.15) is 22.3 Å². The number of Topliss-reactive ketones (excluding diaryl/α,β-unsaturated/α-hetero) is 1. The normalized spacial score (nSPS) is 21.3. The number of benzene rings is 1. The third kappa shape index (κ3) is 1.31. The van der Waals surface area contributed by atoms with Gasteiger partial charge in [-0.25, -0.2) is 0 Å². The first-order valence-corrected chi connectivity index (χ1v) is 4.20. The van der Waals surface area contributed by atoms with Crippen molar-refractivity contribution in [3.8, 4) is 5.75 Å². The highest BCUT2D eigenvalue weighted by Crippen LogP contribution is 2.28. The SMILES string of the molecule is O=C1C[C@H](O)Cc2cccc(O)c21. The maximum atomic E-state index is 11.4. The molecule has 1 aromatic rings. The Morgan fingerprint density at radius 2 is 2.08 bits per heavy atom. The number of ketones is 1. The van der Waals surface area contributed by atoms with Gasteiger partial charge in [0.15, 0.2) is 5.78 Å². The molecule has 0 bridgehead atoms. The maximum Gasteiger partial charge on any atom is 0.169 e. The minimum absolute atomic E-state index is 0.0226. The summed E-state index contributed by atoms with van der Waals surface area (Å²) in [6.45, 7) is 0. The van der Waals surface area contributed by atoms with Crippen LogP contribution < -0.4 is 0 Å². The quantitative estimate of drug-likeness (QED) is 0.620. The average molecular weight is 178 g/mol. The van der Waals surface area contributed by atoms with Crippen LogP contribution in [0.15, 0.2) is 18.2 Å². The fourth-order valence-corrected chi connectivity index (χ4v) is 1.72. The number of aromatic hydroxyl groups is 1. The minimum atomic E-state index is -0.596. The lowest BCUT2D eigenvalue weighted by atomic mass is 9.88. The number of phenols is 1. The van der Waals surface area contributed by atoms with Gasteiger partial charge in [0.1, 0.15) is 5.75 Å². The number of hydrogen-bond donors (Lipinski definition) is 2. The third-order valence-corrected chi connectivity index (χ3v) is 2.28. The lowest BCUT2D eigenvalue weighted by molar-refractivity contribution is 0.0850. The molecule has 0 amide bonds. The van der Waals surface area contributed by atoms with Crippen LogP contribution in [-0.4, -0.2) is 22.1 Å². The molecule has 3 heteroatoms. The van der Waals surface area contributed by atoms with Gasteiger partial charge in [-0.1, -0.05) is 12.1 Å². The van der Waals surface area contributed by atoms with E-state index in [0.717, 1.165) is 5.56 Å². The van der Waals surface area contributed by atoms with Crippen molar-refractivity contribution in [2.75, 3.05) is 0 Å². The van der Waals surface area contributed by atoms with Crippen molar-refractivity contribution in [1.82, 2.24) is 0 Å². The van der Waals surface area contributed by atoms with Gasteiger partial charge < -0.3 is 10.2 Å². The number of rotatable bonds is 0. The third-order valence-electron chi connectivity index (χ3n) is 2.28. The summed E-state index contributed by atoms with van der Waals surface area (Å²) < 4.78 is 0. The molecule has 0 radical (unpaired) electrons. The Kier molecular flexibility index (Phi) is 1.81. The Bertz CT molecular complexity index is 357. The van der Waals surface area contributed by atoms with Crippen molar-refractivity contribution >= 4 is 5.78 Å². The molecular formula is C10H10O3. The number of aliphatic hydroxyl groups is 1. The predicted octanol–water partition coefficient (Wildman–Crippen LogP) is 0.882. The van der Waals surface area contributed by atoms with Crippen LogP contribution in [0.2, 0.25) is 0 Å². The van der Waals surface area contributed by atoms with E-state index in [1.807, 2.05) is 0 Å². The van der Waals surface area contributed by atoms with Crippen molar-refractivity contribution in [1.29, 1.82) is 0 Å². The molecule has 0 aromatic heterocycles. The molecule has 0 heterocycles. The van der Waals surface area contributed by atoms with Gasteiger partial charge in [0.25, 0.3) is 0 Å². The molecule has 1 aliphatic carbocycles. The van der Waals surface area contributed by atoms with Gasteiger partial charge in [0.2, 0.25) is 0 Å². The zero-order chi connectivity index (χ0) is 9.42. The average Bonchev–Trinajstić information content (AvgIpc) is 2.02. The molecule has 0 saturated heterocycles. The predicted molar refractivity (Wildman–Crippen MR) is 46.8 cm³/mol. The summed E-state index contributed by atoms with van der Waals surface area (Å²) in [7, 11) is 0. The van der Waals surface area contributed by atoms with Gasteiger partial charge in [-0.05, 0) is 18.1 Å². The van der Waals surface area contributed by atoms with E-state index in [1.165, 1.54) is 6.07 Å². The standard InChI is InChI=1S/C10H10O3/c11-7-4-6-2-1-3-8(12)10(6)9(13)5-7/h1-3,7,11-12H,4-5H2/t7-/m1/s1. The lowest BCUT2D eigenvalue weighted by Gasteiger charge is -2.19. The van der Waals surface area contributed by atoms with Gasteiger partial charge in [-0.3, -0.25) is 4.79 Å². The Hall–Kier alpha value is -1.35. The Balaban J connectivity index is 2.55. The van der Waals surface area contributed by atoms with Crippen LogP contribution in [0.5, 0.6) is 5.75 Å². The molecule has 1 aromatic carbocycles. The largest absolute Gasteiger partial charge is 0.507 e. The van der Waals surface area contributed by atoms with E-state index < -0.39 is 6.10 Å². The van der Waals surface area contributed by atoms with E-state index in [-0.39, 0.29) is 18.0 Å². The fourth-order valence-electron chi connectivity index (χ4n) is 1.72. The van der Waals surface area contributed by atoms with E-state index >= 15 is 0 Å². The first kappa shape index (κ1) is 8.26. The van der Waals surface area contributed by atoms with Gasteiger partial charge in [0.05, 0.1) is 11.7 Å². The summed E-state index contributed by atoms with van der Waals surface area (Å²) >= 11 is 0. The van der Waals surface area contributed by atoms with Crippen molar-refractivity contribution in [3.63, 3.8) is 0 Å². The summed E-state index contributed by atoms with van der Waals surface area (Å²) in [5.41, 5.74) is 1.12. The zero-order valence-electron chi connectivity index (χ0n) is 7.03. The molecule has 0 unspecified atom stereocenters. The highest BCUT2D eigenvalue weighted by atomic mass is 16.3. The minimum Gasteiger partial charge on any atom is -0.507 e. The zero-order valence-corrected chi connectivity index (χ0v) is 7.03. The summed E-state index contributed by atoms with van der Waals surface area (Å²) in [6, 6.07) is 4.93. The number of fused-ring (bicyclic) bond motifs is 1. The molecule has 0 aliphatic heterocycles. The number of carbonyl (C=O) groups is 1. The van der Waals surface area contributed by atoms with Crippen molar-refractivity contribution in [3.05, 3.63) is 29.3 Å². The van der Waals surface area contributed by atoms with E-state index in [2.05, 4.69) is 0 Å². The second kappa shape index (κ2) is 2.85. The van der Waals surface area contributed by atoms with Gasteiger partial charge in [-0.2, -0.15) is 0 Å². The Labute approximate surface area is 75.6 Å². The summed E-state index contributed by atoms with van der Waals surface area (Å²) in [4.78, 5) is 11.4. The Morgan fingerprint density at radius 3 is 2.85 bits per heavy atom. The molecule has 68 valence electrons. The number of carbonyl (C=O) groups excluding carboxylic acids is 1. The first-order valence-electron chi connectivity index (χ1n) is 4.20. The van der Waals surface area contributed by atoms with Crippen LogP contribution in [-0.2, 0) is 6.42 Å². The highest BCUT2D eigenvalue weighted by Gasteiger charge is 2.25. The van der Waals surface area contributed by atoms with Gasteiger partial charge >= 0.3 is 0 Å². The lowest BCUT2D eigenvalue weighted by Crippen LogP contribution is -2.23. The van der Waals surface area contributed by atoms with Crippen LogP contribution in [0.25, 0.3) is 0 Å². The molecular weight excluding hydrogens is 168 g/mol. The molecule has 1 aliphatic rings. The van der Waals surface area contributed by atoms with Crippen molar-refractivity contribution < 1.29 is 15.0 Å². The van der Waals surface area contributed by atoms with Gasteiger partial charge in [0, 0.05) is 6.42 Å². The molecule has 0 fully saturated rings. The van der Waals surface area contributed by atoms with Gasteiger partial charge in [-0.15, -0.1) is 0 Å². The highest BCUT2D eigenvalue weighted by molar-refractivity contribution is 6.01. The second-order valence-electron chi connectivity index (χ2n) is 3.30. The first-order chi connectivity index (χ1) is 6.18. The number of hydrogen-bond acceptors (Lipinski definition) is 3. The smallest absolute Gasteiger partial charge is 0.169 e. The molecule has 3 nitrogen and oxygen atoms in total. The molecule has 2 rings (SSSR count).